The molecule has 0 aliphatic rings. The highest BCUT2D eigenvalue weighted by Crippen LogP contribution is 2.29. The summed E-state index contributed by atoms with van der Waals surface area (Å²) in [6.07, 6.45) is 2.95. The summed E-state index contributed by atoms with van der Waals surface area (Å²) in [4.78, 5) is 5.71. The molecule has 4 nitrogen and oxygen atoms in total. The van der Waals surface area contributed by atoms with Crippen LogP contribution in [0, 0.1) is 0 Å². The molecule has 0 saturated heterocycles. The Kier molecular flexibility index (Phi) is 4.98. The number of nitrogens with one attached hydrogen (secondary N) is 1. The van der Waals surface area contributed by atoms with E-state index in [9.17, 15) is 5.11 Å². The Morgan fingerprint density at radius 3 is 2.90 bits per heavy atom. The molecule has 0 radical (unpaired) electrons. The molecule has 2 aromatic rings. The quantitative estimate of drug-likeness (QED) is 0.858. The third-order valence-corrected chi connectivity index (χ3v) is 4.52. The number of phenolic OH excluding ortho intramolecular Hbond substituents is 1. The third kappa shape index (κ3) is 3.29. The van der Waals surface area contributed by atoms with Gasteiger partial charge in [0.25, 0.3) is 0 Å². The van der Waals surface area contributed by atoms with E-state index in [1.54, 1.807) is 24.5 Å². The van der Waals surface area contributed by atoms with Crippen molar-refractivity contribution in [3.63, 3.8) is 0 Å². The van der Waals surface area contributed by atoms with E-state index in [4.69, 9.17) is 4.74 Å². The SMILES string of the molecule is CCc1cnc(C(C)NCc2cccc(OC)c2O)s1. The van der Waals surface area contributed by atoms with Gasteiger partial charge in [0, 0.05) is 23.2 Å². The standard InChI is InChI=1S/C15H20N2O2S/c1-4-12-9-17-15(20-12)10(2)16-8-11-6-5-7-13(19-3)14(11)18/h5-7,9-10,16,18H,4,8H2,1-3H3. The van der Waals surface area contributed by atoms with Gasteiger partial charge in [-0.25, -0.2) is 4.98 Å². The number of hydrogen-bond acceptors (Lipinski definition) is 5. The van der Waals surface area contributed by atoms with Crippen LogP contribution in [-0.4, -0.2) is 17.2 Å². The normalized spacial score (nSPS) is 12.3. The van der Waals surface area contributed by atoms with Gasteiger partial charge in [-0.3, -0.25) is 0 Å². The Morgan fingerprint density at radius 1 is 1.45 bits per heavy atom. The van der Waals surface area contributed by atoms with Crippen LogP contribution in [0.15, 0.2) is 24.4 Å². The number of aromatic nitrogens is 1. The first-order valence-electron chi connectivity index (χ1n) is 6.68. The van der Waals surface area contributed by atoms with Crippen LogP contribution in [-0.2, 0) is 13.0 Å². The van der Waals surface area contributed by atoms with Crippen LogP contribution in [0.3, 0.4) is 0 Å². The van der Waals surface area contributed by atoms with Gasteiger partial charge in [-0.1, -0.05) is 19.1 Å². The minimum atomic E-state index is 0.158. The van der Waals surface area contributed by atoms with E-state index in [0.29, 0.717) is 12.3 Å². The first-order chi connectivity index (χ1) is 9.65. The largest absolute Gasteiger partial charge is 0.504 e. The van der Waals surface area contributed by atoms with Crippen molar-refractivity contribution in [1.29, 1.82) is 0 Å². The van der Waals surface area contributed by atoms with Crippen molar-refractivity contribution in [2.75, 3.05) is 7.11 Å². The lowest BCUT2D eigenvalue weighted by molar-refractivity contribution is 0.369. The zero-order valence-electron chi connectivity index (χ0n) is 12.0. The summed E-state index contributed by atoms with van der Waals surface area (Å²) in [6.45, 7) is 4.78. The van der Waals surface area contributed by atoms with Gasteiger partial charge in [-0.15, -0.1) is 11.3 Å². The van der Waals surface area contributed by atoms with Crippen LogP contribution < -0.4 is 10.1 Å². The predicted octanol–water partition coefficient (Wildman–Crippen LogP) is 3.27. The molecule has 1 aromatic heterocycles. The molecular formula is C15H20N2O2S. The number of para-hydroxylation sites is 1. The van der Waals surface area contributed by atoms with Crippen molar-refractivity contribution in [3.8, 4) is 11.5 Å². The molecule has 5 heteroatoms. The lowest BCUT2D eigenvalue weighted by atomic mass is 10.1. The molecule has 0 amide bonds. The van der Waals surface area contributed by atoms with E-state index in [0.717, 1.165) is 17.0 Å². The van der Waals surface area contributed by atoms with E-state index in [1.165, 1.54) is 4.88 Å². The molecule has 1 unspecified atom stereocenters. The maximum absolute atomic E-state index is 10.0. The molecule has 20 heavy (non-hydrogen) atoms. The fourth-order valence-corrected chi connectivity index (χ4v) is 2.80. The molecule has 1 atom stereocenters. The van der Waals surface area contributed by atoms with Gasteiger partial charge in [0.05, 0.1) is 13.2 Å². The van der Waals surface area contributed by atoms with Gasteiger partial charge in [0.2, 0.25) is 0 Å². The van der Waals surface area contributed by atoms with Crippen molar-refractivity contribution in [2.45, 2.75) is 32.9 Å². The predicted molar refractivity (Wildman–Crippen MR) is 81.4 cm³/mol. The second kappa shape index (κ2) is 6.72. The monoisotopic (exact) mass is 292 g/mol. The number of aryl methyl sites for hydroxylation is 1. The van der Waals surface area contributed by atoms with Gasteiger partial charge in [0.1, 0.15) is 5.01 Å². The first kappa shape index (κ1) is 14.8. The van der Waals surface area contributed by atoms with Crippen molar-refractivity contribution in [1.82, 2.24) is 10.3 Å². The average molecular weight is 292 g/mol. The summed E-state index contributed by atoms with van der Waals surface area (Å²) in [6, 6.07) is 5.66. The van der Waals surface area contributed by atoms with Crippen LogP contribution in [0.1, 0.15) is 35.3 Å². The molecule has 0 aliphatic carbocycles. The van der Waals surface area contributed by atoms with Gasteiger partial charge in [0.15, 0.2) is 11.5 Å². The number of thiazole rings is 1. The van der Waals surface area contributed by atoms with E-state index >= 15 is 0 Å². The van der Waals surface area contributed by atoms with Gasteiger partial charge < -0.3 is 15.2 Å². The molecule has 2 N–H and O–H groups in total. The molecule has 0 fully saturated rings. The van der Waals surface area contributed by atoms with E-state index in [2.05, 4.69) is 24.1 Å². The van der Waals surface area contributed by atoms with Crippen molar-refractivity contribution < 1.29 is 9.84 Å². The number of aromatic hydroxyl groups is 1. The number of methoxy groups -OCH3 is 1. The Hall–Kier alpha value is -1.59. The van der Waals surface area contributed by atoms with Crippen LogP contribution in [0.2, 0.25) is 0 Å². The van der Waals surface area contributed by atoms with E-state index in [1.807, 2.05) is 18.3 Å². The first-order valence-corrected chi connectivity index (χ1v) is 7.50. The van der Waals surface area contributed by atoms with Crippen molar-refractivity contribution in [2.24, 2.45) is 0 Å². The molecule has 1 aromatic carbocycles. The van der Waals surface area contributed by atoms with Crippen LogP contribution in [0.25, 0.3) is 0 Å². The molecule has 2 rings (SSSR count). The van der Waals surface area contributed by atoms with Crippen LogP contribution in [0.4, 0.5) is 0 Å². The molecular weight excluding hydrogens is 272 g/mol. The summed E-state index contributed by atoms with van der Waals surface area (Å²) in [7, 11) is 1.55. The Bertz CT molecular complexity index is 569. The van der Waals surface area contributed by atoms with Gasteiger partial charge in [-0.05, 0) is 19.4 Å². The van der Waals surface area contributed by atoms with E-state index < -0.39 is 0 Å². The molecule has 0 saturated carbocycles. The van der Waals surface area contributed by atoms with Gasteiger partial charge in [-0.2, -0.15) is 0 Å². The number of ether oxygens (including phenoxy) is 1. The zero-order valence-corrected chi connectivity index (χ0v) is 12.8. The maximum atomic E-state index is 10.0. The van der Waals surface area contributed by atoms with Crippen LogP contribution in [0.5, 0.6) is 11.5 Å². The highest BCUT2D eigenvalue weighted by Gasteiger charge is 2.12. The molecule has 0 spiro atoms. The molecule has 108 valence electrons. The summed E-state index contributed by atoms with van der Waals surface area (Å²) in [5, 5.41) is 14.5. The summed E-state index contributed by atoms with van der Waals surface area (Å²) in [5.41, 5.74) is 0.823. The Morgan fingerprint density at radius 2 is 2.25 bits per heavy atom. The summed E-state index contributed by atoms with van der Waals surface area (Å²) >= 11 is 1.73. The highest BCUT2D eigenvalue weighted by atomic mass is 32.1. The van der Waals surface area contributed by atoms with Crippen molar-refractivity contribution >= 4 is 11.3 Å². The minimum Gasteiger partial charge on any atom is -0.504 e. The second-order valence-electron chi connectivity index (χ2n) is 4.59. The smallest absolute Gasteiger partial charge is 0.162 e. The number of hydrogen-bond donors (Lipinski definition) is 2. The third-order valence-electron chi connectivity index (χ3n) is 3.19. The van der Waals surface area contributed by atoms with Gasteiger partial charge >= 0.3 is 0 Å². The molecule has 0 aliphatic heterocycles. The number of nitrogens with zero attached hydrogens (tertiary/aromatic N) is 1. The maximum Gasteiger partial charge on any atom is 0.162 e. The molecule has 1 heterocycles. The number of rotatable bonds is 6. The topological polar surface area (TPSA) is 54.4 Å². The zero-order chi connectivity index (χ0) is 14.5. The highest BCUT2D eigenvalue weighted by molar-refractivity contribution is 7.11. The lowest BCUT2D eigenvalue weighted by Gasteiger charge is -2.13. The fraction of sp³-hybridized carbons (Fsp3) is 0.400. The van der Waals surface area contributed by atoms with Crippen molar-refractivity contribution in [3.05, 3.63) is 39.8 Å². The Balaban J connectivity index is 2.01. The molecule has 0 bridgehead atoms. The number of benzene rings is 1. The average Bonchev–Trinajstić information content (AvgIpc) is 2.95. The minimum absolute atomic E-state index is 0.158. The number of phenols is 1. The fourth-order valence-electron chi connectivity index (χ4n) is 1.91. The van der Waals surface area contributed by atoms with E-state index in [-0.39, 0.29) is 11.8 Å². The lowest BCUT2D eigenvalue weighted by Crippen LogP contribution is -2.18. The Labute approximate surface area is 123 Å². The van der Waals surface area contributed by atoms with Crippen LogP contribution >= 0.6 is 11.3 Å². The second-order valence-corrected chi connectivity index (χ2v) is 5.74. The summed E-state index contributed by atoms with van der Waals surface area (Å²) < 4.78 is 5.11. The summed E-state index contributed by atoms with van der Waals surface area (Å²) in [5.74, 6) is 0.697.